The monoisotopic (exact) mass is 268 g/mol. The first-order valence-electron chi connectivity index (χ1n) is 6.55. The second kappa shape index (κ2) is 6.68. The number of hydrogen-bond donors (Lipinski definition) is 1. The Morgan fingerprint density at radius 1 is 1.68 bits per heavy atom. The lowest BCUT2D eigenvalue weighted by Crippen LogP contribution is -2.35. The Kier molecular flexibility index (Phi) is 4.93. The molecule has 1 unspecified atom stereocenters. The van der Waals surface area contributed by atoms with E-state index in [-0.39, 0.29) is 12.3 Å². The number of carboxylic acid groups (broad SMARTS) is 1. The van der Waals surface area contributed by atoms with E-state index in [1.807, 2.05) is 6.07 Å². The van der Waals surface area contributed by atoms with Gasteiger partial charge in [0.15, 0.2) is 5.76 Å². The Hall–Kier alpha value is -1.40. The van der Waals surface area contributed by atoms with Crippen molar-refractivity contribution in [2.75, 3.05) is 20.2 Å². The van der Waals surface area contributed by atoms with Crippen LogP contribution < -0.4 is 0 Å². The standard InChI is InChI=1S/C13H20N2O4/c1-18-9-12-6-11(14-19-12)8-15-4-2-3-10(7-15)5-13(16)17/h6,10H,2-5,7-9H2,1H3,(H,16,17). The third kappa shape index (κ3) is 4.33. The molecule has 2 heterocycles. The second-order valence-corrected chi connectivity index (χ2v) is 5.06. The molecular weight excluding hydrogens is 248 g/mol. The molecule has 1 saturated heterocycles. The number of carbonyl (C=O) groups is 1. The van der Waals surface area contributed by atoms with Crippen LogP contribution in [0.5, 0.6) is 0 Å². The highest BCUT2D eigenvalue weighted by Crippen LogP contribution is 2.21. The molecule has 6 nitrogen and oxygen atoms in total. The summed E-state index contributed by atoms with van der Waals surface area (Å²) in [7, 11) is 1.61. The average molecular weight is 268 g/mol. The summed E-state index contributed by atoms with van der Waals surface area (Å²) in [6.45, 7) is 2.94. The van der Waals surface area contributed by atoms with Gasteiger partial charge < -0.3 is 14.4 Å². The molecule has 0 bridgehead atoms. The fourth-order valence-electron chi connectivity index (χ4n) is 2.58. The molecule has 0 aromatic carbocycles. The number of hydrogen-bond acceptors (Lipinski definition) is 5. The smallest absolute Gasteiger partial charge is 0.303 e. The van der Waals surface area contributed by atoms with Crippen LogP contribution in [0.1, 0.15) is 30.7 Å². The minimum absolute atomic E-state index is 0.247. The summed E-state index contributed by atoms with van der Waals surface area (Å²) in [6, 6.07) is 1.89. The fourth-order valence-corrected chi connectivity index (χ4v) is 2.58. The zero-order valence-corrected chi connectivity index (χ0v) is 11.2. The van der Waals surface area contributed by atoms with Crippen molar-refractivity contribution in [3.05, 3.63) is 17.5 Å². The molecule has 0 aliphatic carbocycles. The molecule has 2 rings (SSSR count). The van der Waals surface area contributed by atoms with Crippen molar-refractivity contribution in [3.63, 3.8) is 0 Å². The molecule has 0 spiro atoms. The first kappa shape index (κ1) is 14.0. The lowest BCUT2D eigenvalue weighted by molar-refractivity contribution is -0.138. The lowest BCUT2D eigenvalue weighted by Gasteiger charge is -2.31. The van der Waals surface area contributed by atoms with Gasteiger partial charge in [-0.05, 0) is 25.3 Å². The van der Waals surface area contributed by atoms with Crippen LogP contribution in [0.15, 0.2) is 10.6 Å². The number of rotatable bonds is 6. The Labute approximate surface area is 112 Å². The number of aliphatic carboxylic acids is 1. The van der Waals surface area contributed by atoms with Crippen molar-refractivity contribution in [2.45, 2.75) is 32.4 Å². The van der Waals surface area contributed by atoms with Crippen LogP contribution in [-0.2, 0) is 22.7 Å². The van der Waals surface area contributed by atoms with Crippen molar-refractivity contribution >= 4 is 5.97 Å². The van der Waals surface area contributed by atoms with E-state index in [1.54, 1.807) is 7.11 Å². The van der Waals surface area contributed by atoms with Gasteiger partial charge in [-0.25, -0.2) is 0 Å². The maximum Gasteiger partial charge on any atom is 0.303 e. The lowest BCUT2D eigenvalue weighted by atomic mass is 9.95. The minimum atomic E-state index is -0.712. The van der Waals surface area contributed by atoms with E-state index in [4.69, 9.17) is 14.4 Å². The number of methoxy groups -OCH3 is 1. The van der Waals surface area contributed by atoms with Gasteiger partial charge in [0, 0.05) is 32.7 Å². The molecule has 1 N–H and O–H groups in total. The summed E-state index contributed by atoms with van der Waals surface area (Å²) in [5.41, 5.74) is 0.878. The van der Waals surface area contributed by atoms with Crippen LogP contribution in [0, 0.1) is 5.92 Å². The van der Waals surface area contributed by atoms with Gasteiger partial charge in [-0.15, -0.1) is 0 Å². The molecule has 0 saturated carbocycles. The van der Waals surface area contributed by atoms with Gasteiger partial charge in [0.05, 0.1) is 5.69 Å². The Bertz CT molecular complexity index is 419. The first-order chi connectivity index (χ1) is 9.17. The van der Waals surface area contributed by atoms with E-state index in [1.165, 1.54) is 0 Å². The molecule has 1 aromatic heterocycles. The molecule has 0 amide bonds. The van der Waals surface area contributed by atoms with Crippen molar-refractivity contribution in [2.24, 2.45) is 5.92 Å². The molecule has 6 heteroatoms. The highest BCUT2D eigenvalue weighted by molar-refractivity contribution is 5.67. The van der Waals surface area contributed by atoms with Gasteiger partial charge in [0.2, 0.25) is 0 Å². The minimum Gasteiger partial charge on any atom is -0.481 e. The Morgan fingerprint density at radius 3 is 3.26 bits per heavy atom. The molecule has 1 atom stereocenters. The summed E-state index contributed by atoms with van der Waals surface area (Å²) >= 11 is 0. The van der Waals surface area contributed by atoms with Crippen LogP contribution in [-0.4, -0.2) is 41.3 Å². The Morgan fingerprint density at radius 2 is 2.53 bits per heavy atom. The maximum atomic E-state index is 10.7. The van der Waals surface area contributed by atoms with E-state index < -0.39 is 5.97 Å². The highest BCUT2D eigenvalue weighted by Gasteiger charge is 2.22. The van der Waals surface area contributed by atoms with Crippen molar-refractivity contribution in [1.82, 2.24) is 10.1 Å². The number of piperidine rings is 1. The van der Waals surface area contributed by atoms with Gasteiger partial charge in [-0.1, -0.05) is 5.16 Å². The van der Waals surface area contributed by atoms with Gasteiger partial charge >= 0.3 is 5.97 Å². The number of ether oxygens (including phenoxy) is 1. The quantitative estimate of drug-likeness (QED) is 0.842. The number of likely N-dealkylation sites (tertiary alicyclic amines) is 1. The van der Waals surface area contributed by atoms with Crippen LogP contribution in [0.2, 0.25) is 0 Å². The van der Waals surface area contributed by atoms with Crippen molar-refractivity contribution in [3.8, 4) is 0 Å². The zero-order valence-electron chi connectivity index (χ0n) is 11.2. The van der Waals surface area contributed by atoms with Gasteiger partial charge in [-0.2, -0.15) is 0 Å². The SMILES string of the molecule is COCc1cc(CN2CCCC(CC(=O)O)C2)no1. The topological polar surface area (TPSA) is 75.8 Å². The predicted molar refractivity (Wildman–Crippen MR) is 67.5 cm³/mol. The van der Waals surface area contributed by atoms with Crippen LogP contribution in [0.4, 0.5) is 0 Å². The summed E-state index contributed by atoms with van der Waals surface area (Å²) in [6.07, 6.45) is 2.29. The highest BCUT2D eigenvalue weighted by atomic mass is 16.5. The third-order valence-electron chi connectivity index (χ3n) is 3.35. The van der Waals surface area contributed by atoms with Gasteiger partial charge in [0.25, 0.3) is 0 Å². The van der Waals surface area contributed by atoms with Crippen molar-refractivity contribution in [1.29, 1.82) is 0 Å². The molecule has 1 aromatic rings. The number of nitrogens with zero attached hydrogens (tertiary/aromatic N) is 2. The summed E-state index contributed by atoms with van der Waals surface area (Å²) in [4.78, 5) is 13.0. The second-order valence-electron chi connectivity index (χ2n) is 5.06. The third-order valence-corrected chi connectivity index (χ3v) is 3.35. The summed E-state index contributed by atoms with van der Waals surface area (Å²) < 4.78 is 10.1. The normalized spacial score (nSPS) is 20.6. The van der Waals surface area contributed by atoms with Crippen LogP contribution >= 0.6 is 0 Å². The largest absolute Gasteiger partial charge is 0.481 e. The maximum absolute atomic E-state index is 10.7. The average Bonchev–Trinajstić information content (AvgIpc) is 2.76. The zero-order chi connectivity index (χ0) is 13.7. The van der Waals surface area contributed by atoms with E-state index in [9.17, 15) is 4.79 Å². The van der Waals surface area contributed by atoms with Gasteiger partial charge in [0.1, 0.15) is 6.61 Å². The summed E-state index contributed by atoms with van der Waals surface area (Å²) in [5.74, 6) is 0.254. The number of carboxylic acids is 1. The fraction of sp³-hybridized carbons (Fsp3) is 0.692. The van der Waals surface area contributed by atoms with Crippen molar-refractivity contribution < 1.29 is 19.2 Å². The van der Waals surface area contributed by atoms with Crippen LogP contribution in [0.25, 0.3) is 0 Å². The molecule has 106 valence electrons. The predicted octanol–water partition coefficient (Wildman–Crippen LogP) is 1.51. The molecule has 0 radical (unpaired) electrons. The van der Waals surface area contributed by atoms with Crippen LogP contribution in [0.3, 0.4) is 0 Å². The first-order valence-corrected chi connectivity index (χ1v) is 6.55. The molecule has 19 heavy (non-hydrogen) atoms. The van der Waals surface area contributed by atoms with E-state index in [0.29, 0.717) is 13.2 Å². The molecular formula is C13H20N2O4. The molecule has 1 aliphatic heterocycles. The van der Waals surface area contributed by atoms with E-state index in [2.05, 4.69) is 10.1 Å². The van der Waals surface area contributed by atoms with E-state index in [0.717, 1.165) is 37.4 Å². The Balaban J connectivity index is 1.85. The number of aromatic nitrogens is 1. The molecule has 1 fully saturated rings. The van der Waals surface area contributed by atoms with Gasteiger partial charge in [-0.3, -0.25) is 9.69 Å². The molecule has 1 aliphatic rings. The summed E-state index contributed by atoms with van der Waals surface area (Å²) in [5, 5.41) is 12.8. The van der Waals surface area contributed by atoms with E-state index >= 15 is 0 Å².